The first-order chi connectivity index (χ1) is 14.9. The molecule has 2 aromatic rings. The zero-order chi connectivity index (χ0) is 24.1. The number of rotatable bonds is 4. The molecule has 1 saturated heterocycles. The molecule has 32 heavy (non-hydrogen) atoms. The Morgan fingerprint density at radius 2 is 1.66 bits per heavy atom. The minimum atomic E-state index is -4.74. The van der Waals surface area contributed by atoms with Crippen molar-refractivity contribution in [3.8, 4) is 11.3 Å². The first-order valence-corrected chi connectivity index (χ1v) is 9.94. The summed E-state index contributed by atoms with van der Waals surface area (Å²) in [6.07, 6.45) is -5.88. The fourth-order valence-corrected chi connectivity index (χ4v) is 3.10. The number of nitrogens with zero attached hydrogens (tertiary/aromatic N) is 3. The lowest BCUT2D eigenvalue weighted by Crippen LogP contribution is -2.42. The third kappa shape index (κ3) is 6.38. The Morgan fingerprint density at radius 3 is 2.16 bits per heavy atom. The van der Waals surface area contributed by atoms with Gasteiger partial charge in [0.25, 0.3) is 0 Å². The summed E-state index contributed by atoms with van der Waals surface area (Å²) >= 11 is 0. The van der Waals surface area contributed by atoms with E-state index in [1.165, 1.54) is 0 Å². The number of carbonyl (C=O) groups is 1. The maximum absolute atomic E-state index is 13.3. The summed E-state index contributed by atoms with van der Waals surface area (Å²) in [5, 5.41) is 5.51. The molecule has 1 fully saturated rings. The second-order valence-corrected chi connectivity index (χ2v) is 6.93. The molecule has 0 saturated carbocycles. The minimum Gasteiger partial charge on any atom is -0.351 e. The third-order valence-electron chi connectivity index (χ3n) is 4.64. The molecule has 1 aliphatic rings. The Kier molecular flexibility index (Phi) is 8.16. The highest BCUT2D eigenvalue weighted by molar-refractivity contribution is 5.82. The Balaban J connectivity index is 0.00000176. The van der Waals surface area contributed by atoms with Gasteiger partial charge >= 0.3 is 12.4 Å². The molecular weight excluding hydrogens is 440 g/mol. The molecule has 0 aliphatic carbocycles. The third-order valence-corrected chi connectivity index (χ3v) is 4.64. The molecule has 1 aliphatic heterocycles. The fraction of sp³-hybridized carbons (Fsp3) is 0.500. The molecule has 6 nitrogen and oxygen atoms in total. The summed E-state index contributed by atoms with van der Waals surface area (Å²) in [5.74, 6) is -1.80. The lowest BCUT2D eigenvalue weighted by atomic mass is 10.1. The molecule has 2 atom stereocenters. The molecule has 3 rings (SSSR count). The predicted octanol–water partition coefficient (Wildman–Crippen LogP) is 4.36. The van der Waals surface area contributed by atoms with Gasteiger partial charge in [-0.1, -0.05) is 13.8 Å². The van der Waals surface area contributed by atoms with E-state index in [0.29, 0.717) is 12.6 Å². The van der Waals surface area contributed by atoms with Crippen molar-refractivity contribution in [1.29, 1.82) is 0 Å². The van der Waals surface area contributed by atoms with Crippen molar-refractivity contribution in [2.75, 3.05) is 0 Å². The number of nitrogens with one attached hydrogen (secondary N) is 2. The van der Waals surface area contributed by atoms with Crippen LogP contribution < -0.4 is 10.6 Å². The first-order valence-electron chi connectivity index (χ1n) is 9.94. The highest BCUT2D eigenvalue weighted by Gasteiger charge is 2.36. The van der Waals surface area contributed by atoms with Crippen LogP contribution in [0, 0.1) is 0 Å². The van der Waals surface area contributed by atoms with Gasteiger partial charge in [-0.15, -0.1) is 0 Å². The smallest absolute Gasteiger partial charge is 0.351 e. The van der Waals surface area contributed by atoms with Crippen molar-refractivity contribution in [3.63, 3.8) is 0 Å². The van der Waals surface area contributed by atoms with Crippen LogP contribution in [0.4, 0.5) is 26.3 Å². The molecule has 0 aromatic carbocycles. The summed E-state index contributed by atoms with van der Waals surface area (Å²) in [6, 6.07) is 0.706. The van der Waals surface area contributed by atoms with Gasteiger partial charge in [-0.2, -0.15) is 26.3 Å². The molecular formula is C20H23F6N5O. The van der Waals surface area contributed by atoms with E-state index in [4.69, 9.17) is 0 Å². The predicted molar refractivity (Wildman–Crippen MR) is 104 cm³/mol. The standard InChI is InChI=1S/C18H17F6N5O.C2H6/c1-9-2-3-13(29-9)15(30)26-5-10-4-14(25-8-12(10)17(19,20)21)11-6-27-16(28-7-11)18(22,23)24;1-2/h4,6-9,13,29H,2-3,5H2,1H3,(H,26,30);1-2H3. The average molecular weight is 463 g/mol. The van der Waals surface area contributed by atoms with Crippen molar-refractivity contribution in [3.05, 3.63) is 41.6 Å². The Hall–Kier alpha value is -2.76. The van der Waals surface area contributed by atoms with Crippen molar-refractivity contribution in [2.24, 2.45) is 0 Å². The Labute approximate surface area is 180 Å². The topological polar surface area (TPSA) is 79.8 Å². The summed E-state index contributed by atoms with van der Waals surface area (Å²) in [4.78, 5) is 22.3. The van der Waals surface area contributed by atoms with Gasteiger partial charge in [0.15, 0.2) is 0 Å². The van der Waals surface area contributed by atoms with Gasteiger partial charge in [0.1, 0.15) is 0 Å². The second kappa shape index (κ2) is 10.2. The van der Waals surface area contributed by atoms with Gasteiger partial charge in [0.05, 0.1) is 17.3 Å². The maximum atomic E-state index is 13.3. The number of alkyl halides is 6. The van der Waals surface area contributed by atoms with E-state index in [0.717, 1.165) is 24.9 Å². The van der Waals surface area contributed by atoms with E-state index in [2.05, 4.69) is 25.6 Å². The van der Waals surface area contributed by atoms with Gasteiger partial charge in [0.2, 0.25) is 11.7 Å². The van der Waals surface area contributed by atoms with Gasteiger partial charge in [-0.25, -0.2) is 9.97 Å². The highest BCUT2D eigenvalue weighted by Crippen LogP contribution is 2.33. The van der Waals surface area contributed by atoms with E-state index < -0.39 is 42.2 Å². The molecule has 176 valence electrons. The number of carbonyl (C=O) groups excluding carboxylic acids is 1. The van der Waals surface area contributed by atoms with Crippen LogP contribution in [0.15, 0.2) is 24.7 Å². The molecule has 12 heteroatoms. The second-order valence-electron chi connectivity index (χ2n) is 6.93. The van der Waals surface area contributed by atoms with Crippen LogP contribution in [0.5, 0.6) is 0 Å². The van der Waals surface area contributed by atoms with Crippen LogP contribution in [0.2, 0.25) is 0 Å². The zero-order valence-electron chi connectivity index (χ0n) is 17.6. The summed E-state index contributed by atoms with van der Waals surface area (Å²) in [7, 11) is 0. The molecule has 0 radical (unpaired) electrons. The molecule has 2 unspecified atom stereocenters. The number of halogens is 6. The number of hydrogen-bond acceptors (Lipinski definition) is 5. The van der Waals surface area contributed by atoms with Gasteiger partial charge < -0.3 is 10.6 Å². The summed E-state index contributed by atoms with van der Waals surface area (Å²) < 4.78 is 77.7. The molecule has 2 N–H and O–H groups in total. The average Bonchev–Trinajstić information content (AvgIpc) is 3.18. The van der Waals surface area contributed by atoms with Crippen molar-refractivity contribution in [1.82, 2.24) is 25.6 Å². The van der Waals surface area contributed by atoms with Crippen LogP contribution in [0.3, 0.4) is 0 Å². The lowest BCUT2D eigenvalue weighted by Gasteiger charge is -2.16. The van der Waals surface area contributed by atoms with Crippen LogP contribution in [0.1, 0.15) is 50.6 Å². The van der Waals surface area contributed by atoms with E-state index >= 15 is 0 Å². The summed E-state index contributed by atoms with van der Waals surface area (Å²) in [6.45, 7) is 5.48. The molecule has 2 aromatic heterocycles. The van der Waals surface area contributed by atoms with Gasteiger partial charge in [0, 0.05) is 36.7 Å². The highest BCUT2D eigenvalue weighted by atomic mass is 19.4. The van der Waals surface area contributed by atoms with E-state index in [1.54, 1.807) is 0 Å². The monoisotopic (exact) mass is 463 g/mol. The summed E-state index contributed by atoms with van der Waals surface area (Å²) in [5.41, 5.74) is -1.36. The fourth-order valence-electron chi connectivity index (χ4n) is 3.10. The van der Waals surface area contributed by atoms with Crippen LogP contribution in [-0.4, -0.2) is 32.9 Å². The van der Waals surface area contributed by atoms with Gasteiger partial charge in [-0.05, 0) is 31.4 Å². The normalized spacial score (nSPS) is 18.7. The van der Waals surface area contributed by atoms with Crippen molar-refractivity contribution < 1.29 is 31.1 Å². The van der Waals surface area contributed by atoms with Gasteiger partial charge in [-0.3, -0.25) is 9.78 Å². The first kappa shape index (κ1) is 25.5. The number of amides is 1. The van der Waals surface area contributed by atoms with E-state index in [9.17, 15) is 31.1 Å². The maximum Gasteiger partial charge on any atom is 0.451 e. The van der Waals surface area contributed by atoms with Crippen molar-refractivity contribution in [2.45, 2.75) is 64.6 Å². The zero-order valence-corrected chi connectivity index (χ0v) is 17.6. The van der Waals surface area contributed by atoms with E-state index in [1.807, 2.05) is 20.8 Å². The molecule has 0 spiro atoms. The van der Waals surface area contributed by atoms with Crippen molar-refractivity contribution >= 4 is 5.91 Å². The molecule has 3 heterocycles. The minimum absolute atomic E-state index is 0.00980. The SMILES string of the molecule is CC.CC1CCC(C(=O)NCc2cc(-c3cnc(C(F)(F)F)nc3)ncc2C(F)(F)F)N1. The number of hydrogen-bond donors (Lipinski definition) is 2. The van der Waals surface area contributed by atoms with Crippen LogP contribution in [-0.2, 0) is 23.7 Å². The molecule has 0 bridgehead atoms. The quantitative estimate of drug-likeness (QED) is 0.659. The lowest BCUT2D eigenvalue weighted by molar-refractivity contribution is -0.145. The Morgan fingerprint density at radius 1 is 1.03 bits per heavy atom. The number of aromatic nitrogens is 3. The number of pyridine rings is 1. The van der Waals surface area contributed by atoms with E-state index in [-0.39, 0.29) is 22.9 Å². The molecule has 1 amide bonds. The van der Waals surface area contributed by atoms with Crippen LogP contribution >= 0.6 is 0 Å². The van der Waals surface area contributed by atoms with Crippen LogP contribution in [0.25, 0.3) is 11.3 Å². The Bertz CT molecular complexity index is 914. The largest absolute Gasteiger partial charge is 0.451 e.